The second kappa shape index (κ2) is 6.90. The molecule has 1 aliphatic rings. The van der Waals surface area contributed by atoms with Crippen LogP contribution in [0.4, 0.5) is 0 Å². The largest absolute Gasteiger partial charge is 0.381 e. The van der Waals surface area contributed by atoms with Gasteiger partial charge in [0.2, 0.25) is 0 Å². The predicted molar refractivity (Wildman–Crippen MR) is 72.8 cm³/mol. The van der Waals surface area contributed by atoms with E-state index in [4.69, 9.17) is 4.74 Å². The van der Waals surface area contributed by atoms with Crippen LogP contribution in [-0.2, 0) is 24.1 Å². The minimum atomic E-state index is 0.708. The molecule has 0 aromatic carbocycles. The van der Waals surface area contributed by atoms with E-state index in [0.717, 1.165) is 45.7 Å². The van der Waals surface area contributed by atoms with Crippen molar-refractivity contribution in [3.63, 3.8) is 0 Å². The monoisotopic (exact) mass is 251 g/mol. The van der Waals surface area contributed by atoms with Gasteiger partial charge in [0, 0.05) is 25.4 Å². The van der Waals surface area contributed by atoms with E-state index in [-0.39, 0.29) is 0 Å². The summed E-state index contributed by atoms with van der Waals surface area (Å²) in [6.07, 6.45) is 3.28. The van der Waals surface area contributed by atoms with E-state index in [9.17, 15) is 0 Å². The fraction of sp³-hybridized carbons (Fsp3) is 0.786. The molecule has 1 aliphatic heterocycles. The maximum Gasteiger partial charge on any atom is 0.0624 e. The summed E-state index contributed by atoms with van der Waals surface area (Å²) in [5, 5.41) is 8.13. The molecule has 0 aliphatic carbocycles. The Kier molecular flexibility index (Phi) is 5.20. The van der Waals surface area contributed by atoms with Crippen molar-refractivity contribution in [2.24, 2.45) is 5.92 Å². The van der Waals surface area contributed by atoms with Crippen molar-refractivity contribution in [2.45, 2.75) is 39.7 Å². The molecule has 0 amide bonds. The fourth-order valence-corrected chi connectivity index (χ4v) is 2.40. The van der Waals surface area contributed by atoms with Gasteiger partial charge in [0.25, 0.3) is 0 Å². The first-order valence-electron chi connectivity index (χ1n) is 7.17. The van der Waals surface area contributed by atoms with Gasteiger partial charge in [-0.25, -0.2) is 0 Å². The third-order valence-corrected chi connectivity index (χ3v) is 3.60. The molecule has 4 nitrogen and oxygen atoms in total. The van der Waals surface area contributed by atoms with Gasteiger partial charge < -0.3 is 10.1 Å². The van der Waals surface area contributed by atoms with Crippen molar-refractivity contribution in [2.75, 3.05) is 26.3 Å². The second-order valence-electron chi connectivity index (χ2n) is 4.99. The van der Waals surface area contributed by atoms with Gasteiger partial charge in [-0.1, -0.05) is 13.8 Å². The Morgan fingerprint density at radius 2 is 2.33 bits per heavy atom. The summed E-state index contributed by atoms with van der Waals surface area (Å²) in [6, 6.07) is 2.23. The van der Waals surface area contributed by atoms with Crippen LogP contribution in [0, 0.1) is 5.92 Å². The van der Waals surface area contributed by atoms with Crippen molar-refractivity contribution in [3.05, 3.63) is 17.5 Å². The van der Waals surface area contributed by atoms with Gasteiger partial charge in [-0.2, -0.15) is 5.10 Å². The van der Waals surface area contributed by atoms with Crippen LogP contribution in [-0.4, -0.2) is 36.1 Å². The third kappa shape index (κ3) is 3.56. The van der Waals surface area contributed by atoms with Gasteiger partial charge in [-0.3, -0.25) is 4.68 Å². The van der Waals surface area contributed by atoms with Crippen molar-refractivity contribution in [3.8, 4) is 0 Å². The molecule has 0 bridgehead atoms. The van der Waals surface area contributed by atoms with Crippen LogP contribution in [0.1, 0.15) is 31.7 Å². The first-order chi connectivity index (χ1) is 8.83. The maximum absolute atomic E-state index is 5.37. The predicted octanol–water partition coefficient (Wildman–Crippen LogP) is 1.63. The van der Waals surface area contributed by atoms with Crippen molar-refractivity contribution >= 4 is 0 Å². The molecule has 0 saturated carbocycles. The van der Waals surface area contributed by atoms with Crippen LogP contribution in [0.3, 0.4) is 0 Å². The van der Waals surface area contributed by atoms with Gasteiger partial charge in [0.15, 0.2) is 0 Å². The second-order valence-corrected chi connectivity index (χ2v) is 4.99. The molecule has 1 aromatic heterocycles. The van der Waals surface area contributed by atoms with Gasteiger partial charge in [0.1, 0.15) is 0 Å². The van der Waals surface area contributed by atoms with Crippen LogP contribution >= 0.6 is 0 Å². The lowest BCUT2D eigenvalue weighted by atomic mass is 10.1. The van der Waals surface area contributed by atoms with Crippen molar-refractivity contribution in [1.82, 2.24) is 15.1 Å². The Hall–Kier alpha value is -0.870. The number of aromatic nitrogens is 2. The highest BCUT2D eigenvalue weighted by molar-refractivity contribution is 5.10. The Morgan fingerprint density at radius 1 is 1.44 bits per heavy atom. The van der Waals surface area contributed by atoms with Crippen LogP contribution in [0.15, 0.2) is 6.07 Å². The number of hydrogen-bond donors (Lipinski definition) is 1. The van der Waals surface area contributed by atoms with Gasteiger partial charge >= 0.3 is 0 Å². The van der Waals surface area contributed by atoms with Crippen LogP contribution in [0.2, 0.25) is 0 Å². The maximum atomic E-state index is 5.37. The van der Waals surface area contributed by atoms with Crippen molar-refractivity contribution in [1.29, 1.82) is 0 Å². The smallest absolute Gasteiger partial charge is 0.0624 e. The average molecular weight is 251 g/mol. The molecular formula is C14H25N3O. The Balaban J connectivity index is 1.73. The van der Waals surface area contributed by atoms with Gasteiger partial charge in [-0.05, 0) is 31.2 Å². The average Bonchev–Trinajstić information content (AvgIpc) is 3.03. The first-order valence-corrected chi connectivity index (χ1v) is 7.17. The number of nitrogens with zero attached hydrogens (tertiary/aromatic N) is 2. The number of aryl methyl sites for hydroxylation is 2. The zero-order valence-corrected chi connectivity index (χ0v) is 11.6. The van der Waals surface area contributed by atoms with Crippen LogP contribution in [0.5, 0.6) is 0 Å². The summed E-state index contributed by atoms with van der Waals surface area (Å²) >= 11 is 0. The zero-order valence-electron chi connectivity index (χ0n) is 11.6. The topological polar surface area (TPSA) is 39.1 Å². The summed E-state index contributed by atoms with van der Waals surface area (Å²) in [6.45, 7) is 9.25. The lowest BCUT2D eigenvalue weighted by molar-refractivity contribution is 0.185. The molecule has 2 heterocycles. The summed E-state index contributed by atoms with van der Waals surface area (Å²) < 4.78 is 7.52. The number of hydrogen-bond acceptors (Lipinski definition) is 3. The highest BCUT2D eigenvalue weighted by Gasteiger charge is 2.14. The lowest BCUT2D eigenvalue weighted by Gasteiger charge is -2.10. The van der Waals surface area contributed by atoms with Crippen LogP contribution in [0.25, 0.3) is 0 Å². The highest BCUT2D eigenvalue weighted by atomic mass is 16.5. The molecule has 4 heteroatoms. The van der Waals surface area contributed by atoms with E-state index < -0.39 is 0 Å². The molecule has 102 valence electrons. The molecule has 1 unspecified atom stereocenters. The molecule has 18 heavy (non-hydrogen) atoms. The fourth-order valence-electron chi connectivity index (χ4n) is 2.40. The molecule has 1 atom stereocenters. The first kappa shape index (κ1) is 13.6. The van der Waals surface area contributed by atoms with Crippen molar-refractivity contribution < 1.29 is 4.74 Å². The van der Waals surface area contributed by atoms with E-state index in [1.807, 2.05) is 0 Å². The normalized spacial score (nSPS) is 19.6. The molecular weight excluding hydrogens is 226 g/mol. The number of rotatable bonds is 7. The molecule has 1 fully saturated rings. The van der Waals surface area contributed by atoms with Crippen LogP contribution < -0.4 is 5.32 Å². The van der Waals surface area contributed by atoms with Gasteiger partial charge in [0.05, 0.1) is 18.8 Å². The van der Waals surface area contributed by atoms with E-state index in [0.29, 0.717) is 5.92 Å². The van der Waals surface area contributed by atoms with E-state index in [2.05, 4.69) is 35.0 Å². The number of nitrogens with one attached hydrogen (secondary N) is 1. The summed E-state index contributed by atoms with van der Waals surface area (Å²) in [7, 11) is 0. The van der Waals surface area contributed by atoms with E-state index >= 15 is 0 Å². The molecule has 0 spiro atoms. The molecule has 1 saturated heterocycles. The quantitative estimate of drug-likeness (QED) is 0.749. The Labute approximate surface area is 110 Å². The molecule has 2 rings (SSSR count). The third-order valence-electron chi connectivity index (χ3n) is 3.60. The number of ether oxygens (including phenoxy) is 1. The molecule has 0 radical (unpaired) electrons. The minimum absolute atomic E-state index is 0.708. The van der Waals surface area contributed by atoms with E-state index in [1.54, 1.807) is 0 Å². The summed E-state index contributed by atoms with van der Waals surface area (Å²) in [5.74, 6) is 0.708. The Bertz CT molecular complexity index is 356. The zero-order chi connectivity index (χ0) is 12.8. The standard InChI is InChI=1S/C14H25N3O/c1-3-13-9-14(4-2)17(16-13)7-6-15-10-12-5-8-18-11-12/h9,12,15H,3-8,10-11H2,1-2H3. The highest BCUT2D eigenvalue weighted by Crippen LogP contribution is 2.10. The van der Waals surface area contributed by atoms with Gasteiger partial charge in [-0.15, -0.1) is 0 Å². The molecule has 1 aromatic rings. The molecule has 1 N–H and O–H groups in total. The lowest BCUT2D eigenvalue weighted by Crippen LogP contribution is -2.27. The summed E-state index contributed by atoms with van der Waals surface area (Å²) in [4.78, 5) is 0. The van der Waals surface area contributed by atoms with E-state index in [1.165, 1.54) is 17.8 Å². The summed E-state index contributed by atoms with van der Waals surface area (Å²) in [5.41, 5.74) is 2.55. The SMILES string of the molecule is CCc1cc(CC)n(CCNCC2CCOC2)n1. The Morgan fingerprint density at radius 3 is 3.00 bits per heavy atom. The minimum Gasteiger partial charge on any atom is -0.381 e.